The largest absolute Gasteiger partial charge is 0.457 e. The lowest BCUT2D eigenvalue weighted by atomic mass is 10.1. The van der Waals surface area contributed by atoms with Crippen molar-refractivity contribution in [2.75, 3.05) is 34.3 Å². The Morgan fingerprint density at radius 3 is 2.69 bits per heavy atom. The first-order valence-corrected chi connectivity index (χ1v) is 9.40. The minimum absolute atomic E-state index is 0.143. The van der Waals surface area contributed by atoms with Crippen molar-refractivity contribution in [3.63, 3.8) is 0 Å². The Morgan fingerprint density at radius 1 is 1.23 bits per heavy atom. The maximum Gasteiger partial charge on any atom is 0.374 e. The molecule has 1 aromatic carbocycles. The Balaban J connectivity index is 1.95. The predicted molar refractivity (Wildman–Crippen MR) is 103 cm³/mol. The van der Waals surface area contributed by atoms with Crippen LogP contribution in [0, 0.1) is 0 Å². The van der Waals surface area contributed by atoms with Crippen molar-refractivity contribution >= 4 is 16.9 Å². The lowest BCUT2D eigenvalue weighted by Crippen LogP contribution is -2.37. The molecule has 2 aromatic rings. The molecule has 5 nitrogen and oxygen atoms in total. The molecule has 0 aliphatic heterocycles. The highest BCUT2D eigenvalue weighted by Gasteiger charge is 2.19. The van der Waals surface area contributed by atoms with Crippen molar-refractivity contribution in [1.29, 1.82) is 0 Å². The fraction of sp³-hybridized carbons (Fsp3) is 0.571. The molecule has 0 radical (unpaired) electrons. The average molecular weight is 362 g/mol. The summed E-state index contributed by atoms with van der Waals surface area (Å²) >= 11 is 0. The van der Waals surface area contributed by atoms with E-state index < -0.39 is 5.97 Å². The first-order chi connectivity index (χ1) is 12.3. The third-order valence-corrected chi connectivity index (χ3v) is 4.21. The maximum atomic E-state index is 12.3. The van der Waals surface area contributed by atoms with Crippen LogP contribution in [0.2, 0.25) is 0 Å². The first kappa shape index (κ1) is 20.5. The molecule has 2 rings (SSSR count). The summed E-state index contributed by atoms with van der Waals surface area (Å²) in [5.74, 6) is -0.156. The number of hydrogen-bond acceptors (Lipinski definition) is 4. The second-order valence-corrected chi connectivity index (χ2v) is 7.91. The second kappa shape index (κ2) is 9.19. The molecule has 5 heteroatoms. The molecule has 0 saturated carbocycles. The van der Waals surface area contributed by atoms with Crippen LogP contribution in [-0.4, -0.2) is 50.9 Å². The van der Waals surface area contributed by atoms with Crippen LogP contribution in [0.3, 0.4) is 0 Å². The summed E-state index contributed by atoms with van der Waals surface area (Å²) in [6.07, 6.45) is 2.86. The molecule has 1 heterocycles. The second-order valence-electron chi connectivity index (χ2n) is 7.91. The number of furan rings is 1. The van der Waals surface area contributed by atoms with Gasteiger partial charge in [-0.3, -0.25) is 0 Å². The Labute approximate surface area is 156 Å². The summed E-state index contributed by atoms with van der Waals surface area (Å²) in [5.41, 5.74) is 1.76. The van der Waals surface area contributed by atoms with Gasteiger partial charge in [0.05, 0.1) is 34.3 Å². The van der Waals surface area contributed by atoms with Crippen LogP contribution in [0.15, 0.2) is 28.7 Å². The van der Waals surface area contributed by atoms with Gasteiger partial charge in [0, 0.05) is 18.4 Å². The van der Waals surface area contributed by atoms with E-state index in [-0.39, 0.29) is 11.9 Å². The first-order valence-electron chi connectivity index (χ1n) is 9.40. The molecule has 26 heavy (non-hydrogen) atoms. The minimum Gasteiger partial charge on any atom is -0.457 e. The summed E-state index contributed by atoms with van der Waals surface area (Å²) in [6, 6.07) is 7.60. The number of rotatable bonds is 10. The molecular formula is C21H32NO4+. The molecule has 0 bridgehead atoms. The topological polar surface area (TPSA) is 48.7 Å². The van der Waals surface area contributed by atoms with Crippen molar-refractivity contribution in [1.82, 2.24) is 0 Å². The lowest BCUT2D eigenvalue weighted by molar-refractivity contribution is -0.870. The number of ether oxygens (including phenoxy) is 2. The van der Waals surface area contributed by atoms with Crippen LogP contribution >= 0.6 is 0 Å². The third kappa shape index (κ3) is 6.46. The minimum atomic E-state index is -0.407. The van der Waals surface area contributed by atoms with E-state index in [9.17, 15) is 4.79 Å². The molecule has 0 fully saturated rings. The number of carbonyl (C=O) groups is 1. The third-order valence-electron chi connectivity index (χ3n) is 4.21. The Morgan fingerprint density at radius 2 is 2.00 bits per heavy atom. The van der Waals surface area contributed by atoms with Crippen molar-refractivity contribution in [3.05, 3.63) is 35.6 Å². The van der Waals surface area contributed by atoms with Gasteiger partial charge in [-0.25, -0.2) is 4.79 Å². The van der Waals surface area contributed by atoms with Gasteiger partial charge in [0.2, 0.25) is 5.76 Å². The van der Waals surface area contributed by atoms with Crippen LogP contribution in [0.25, 0.3) is 11.0 Å². The Bertz CT molecular complexity index is 714. The van der Waals surface area contributed by atoms with Gasteiger partial charge < -0.3 is 18.4 Å². The molecule has 144 valence electrons. The van der Waals surface area contributed by atoms with E-state index in [2.05, 4.69) is 28.1 Å². The Kier molecular flexibility index (Phi) is 7.23. The zero-order valence-electron chi connectivity index (χ0n) is 16.7. The van der Waals surface area contributed by atoms with Gasteiger partial charge in [-0.05, 0) is 37.1 Å². The van der Waals surface area contributed by atoms with Crippen molar-refractivity contribution in [2.24, 2.45) is 0 Å². The van der Waals surface area contributed by atoms with E-state index >= 15 is 0 Å². The number of nitrogens with zero attached hydrogens (tertiary/aromatic N) is 1. The van der Waals surface area contributed by atoms with E-state index in [4.69, 9.17) is 13.9 Å². The molecule has 0 aliphatic rings. The summed E-state index contributed by atoms with van der Waals surface area (Å²) < 4.78 is 17.7. The Hall–Kier alpha value is -1.85. The molecule has 0 spiro atoms. The smallest absolute Gasteiger partial charge is 0.374 e. The maximum absolute atomic E-state index is 12.3. The standard InChI is InChI=1S/C21H32NO4/c1-6-7-12-24-15-17-8-9-19-18(13-17)14-20(26-19)21(23)25-16(2)10-11-22(3,4)5/h8-9,13-14,16H,6-7,10-12,15H2,1-5H3/q+1/t16-/m0/s1. The summed E-state index contributed by atoms with van der Waals surface area (Å²) in [6.45, 7) is 6.34. The van der Waals surface area contributed by atoms with Crippen molar-refractivity contribution in [3.8, 4) is 0 Å². The van der Waals surface area contributed by atoms with Crippen LogP contribution in [0.4, 0.5) is 0 Å². The molecule has 0 saturated heterocycles. The molecule has 0 aliphatic carbocycles. The normalized spacial score (nSPS) is 13.1. The van der Waals surface area contributed by atoms with Gasteiger partial charge in [0.15, 0.2) is 0 Å². The van der Waals surface area contributed by atoms with Crippen LogP contribution in [0.1, 0.15) is 49.2 Å². The zero-order valence-corrected chi connectivity index (χ0v) is 16.7. The van der Waals surface area contributed by atoms with Gasteiger partial charge in [0.1, 0.15) is 11.7 Å². The van der Waals surface area contributed by atoms with Crippen molar-refractivity contribution < 1.29 is 23.2 Å². The number of fused-ring (bicyclic) bond motifs is 1. The highest BCUT2D eigenvalue weighted by Crippen LogP contribution is 2.22. The highest BCUT2D eigenvalue weighted by molar-refractivity contribution is 5.92. The molecular weight excluding hydrogens is 330 g/mol. The molecule has 1 aromatic heterocycles. The fourth-order valence-electron chi connectivity index (χ4n) is 2.59. The summed E-state index contributed by atoms with van der Waals surface area (Å²) in [7, 11) is 6.37. The number of quaternary nitrogens is 1. The van der Waals surface area contributed by atoms with E-state index in [0.29, 0.717) is 12.2 Å². The number of unbranched alkanes of at least 4 members (excludes halogenated alkanes) is 1. The monoisotopic (exact) mass is 362 g/mol. The summed E-state index contributed by atoms with van der Waals surface area (Å²) in [5, 5.41) is 0.896. The highest BCUT2D eigenvalue weighted by atomic mass is 16.6. The summed E-state index contributed by atoms with van der Waals surface area (Å²) in [4.78, 5) is 12.3. The van der Waals surface area contributed by atoms with E-state index in [1.165, 1.54) is 0 Å². The van der Waals surface area contributed by atoms with Gasteiger partial charge >= 0.3 is 5.97 Å². The predicted octanol–water partition coefficient (Wildman–Crippen LogP) is 4.39. The number of benzene rings is 1. The van der Waals surface area contributed by atoms with Gasteiger partial charge in [0.25, 0.3) is 0 Å². The lowest BCUT2D eigenvalue weighted by Gasteiger charge is -2.25. The van der Waals surface area contributed by atoms with E-state index in [0.717, 1.165) is 47.8 Å². The molecule has 1 atom stereocenters. The van der Waals surface area contributed by atoms with Crippen LogP contribution in [0.5, 0.6) is 0 Å². The van der Waals surface area contributed by atoms with Crippen LogP contribution in [-0.2, 0) is 16.1 Å². The van der Waals surface area contributed by atoms with Crippen LogP contribution < -0.4 is 0 Å². The molecule has 0 unspecified atom stereocenters. The number of carbonyl (C=O) groups excluding carboxylic acids is 1. The van der Waals surface area contributed by atoms with Gasteiger partial charge in [-0.1, -0.05) is 19.4 Å². The van der Waals surface area contributed by atoms with Gasteiger partial charge in [-0.15, -0.1) is 0 Å². The van der Waals surface area contributed by atoms with Crippen molar-refractivity contribution in [2.45, 2.75) is 45.8 Å². The number of esters is 1. The molecule has 0 N–H and O–H groups in total. The molecule has 0 amide bonds. The zero-order chi connectivity index (χ0) is 19.2. The fourth-order valence-corrected chi connectivity index (χ4v) is 2.59. The quantitative estimate of drug-likeness (QED) is 0.357. The van der Waals surface area contributed by atoms with Gasteiger partial charge in [-0.2, -0.15) is 0 Å². The SMILES string of the molecule is CCCCOCc1ccc2oc(C(=O)O[C@@H](C)CC[N+](C)(C)C)cc2c1. The average Bonchev–Trinajstić information content (AvgIpc) is 3.00. The number of hydrogen-bond donors (Lipinski definition) is 0. The van der Waals surface area contributed by atoms with E-state index in [1.54, 1.807) is 6.07 Å². The van der Waals surface area contributed by atoms with E-state index in [1.807, 2.05) is 25.1 Å².